The average Bonchev–Trinajstić information content (AvgIpc) is 2.62. The van der Waals surface area contributed by atoms with Crippen molar-refractivity contribution in [3.05, 3.63) is 69.8 Å². The molecule has 0 fully saturated rings. The molecule has 0 aliphatic carbocycles. The molecule has 0 aliphatic rings. The molecule has 0 spiro atoms. The standard InChI is InChI=1S/C19H20N2O5/c22-18(23)9-3-1-2-6-14-10-12-15(13-11-14)20-19(24)16-7-4-5-8-17(16)21(25)26/h4-5,7-8,10-13H,1-3,6,9H2,(H,20,24)(H,22,23). The van der Waals surface area contributed by atoms with Crippen LogP contribution in [0.3, 0.4) is 0 Å². The van der Waals surface area contributed by atoms with Crippen molar-refractivity contribution in [3.63, 3.8) is 0 Å². The zero-order valence-corrected chi connectivity index (χ0v) is 14.2. The second-order valence-electron chi connectivity index (χ2n) is 5.88. The summed E-state index contributed by atoms with van der Waals surface area (Å²) in [6.07, 6.45) is 3.44. The number of rotatable bonds is 9. The topological polar surface area (TPSA) is 110 Å². The van der Waals surface area contributed by atoms with Gasteiger partial charge in [-0.3, -0.25) is 19.7 Å². The lowest BCUT2D eigenvalue weighted by molar-refractivity contribution is -0.385. The molecule has 26 heavy (non-hydrogen) atoms. The first kappa shape index (κ1) is 19.1. The number of unbranched alkanes of at least 4 members (excludes halogenated alkanes) is 2. The van der Waals surface area contributed by atoms with Gasteiger partial charge in [0, 0.05) is 18.2 Å². The van der Waals surface area contributed by atoms with Crippen LogP contribution in [0.25, 0.3) is 0 Å². The number of carbonyl (C=O) groups excluding carboxylic acids is 1. The van der Waals surface area contributed by atoms with Gasteiger partial charge in [-0.15, -0.1) is 0 Å². The van der Waals surface area contributed by atoms with Gasteiger partial charge >= 0.3 is 5.97 Å². The van der Waals surface area contributed by atoms with Crippen molar-refractivity contribution in [2.75, 3.05) is 5.32 Å². The third kappa shape index (κ3) is 5.70. The van der Waals surface area contributed by atoms with Crippen LogP contribution in [0.4, 0.5) is 11.4 Å². The van der Waals surface area contributed by atoms with Gasteiger partial charge in [-0.2, -0.15) is 0 Å². The number of hydrogen-bond donors (Lipinski definition) is 2. The van der Waals surface area contributed by atoms with E-state index in [0.717, 1.165) is 24.8 Å². The van der Waals surface area contributed by atoms with E-state index in [1.807, 2.05) is 12.1 Å². The van der Waals surface area contributed by atoms with E-state index in [1.165, 1.54) is 18.2 Å². The maximum atomic E-state index is 12.3. The number of benzene rings is 2. The zero-order valence-electron chi connectivity index (χ0n) is 14.2. The van der Waals surface area contributed by atoms with Gasteiger partial charge in [-0.25, -0.2) is 0 Å². The molecule has 2 N–H and O–H groups in total. The van der Waals surface area contributed by atoms with Gasteiger partial charge in [0.2, 0.25) is 0 Å². The minimum absolute atomic E-state index is 0.0139. The molecule has 2 aromatic rings. The number of nitro benzene ring substituents is 1. The largest absolute Gasteiger partial charge is 0.481 e. The number of carboxylic acid groups (broad SMARTS) is 1. The monoisotopic (exact) mass is 356 g/mol. The van der Waals surface area contributed by atoms with Crippen LogP contribution in [0.2, 0.25) is 0 Å². The number of para-hydroxylation sites is 1. The van der Waals surface area contributed by atoms with Crippen molar-refractivity contribution in [1.82, 2.24) is 0 Å². The number of carbonyl (C=O) groups is 2. The van der Waals surface area contributed by atoms with E-state index in [9.17, 15) is 19.7 Å². The summed E-state index contributed by atoms with van der Waals surface area (Å²) in [5, 5.41) is 22.3. The first-order valence-corrected chi connectivity index (χ1v) is 8.33. The summed E-state index contributed by atoms with van der Waals surface area (Å²) in [6, 6.07) is 13.1. The number of hydrogen-bond acceptors (Lipinski definition) is 4. The molecule has 2 rings (SSSR count). The smallest absolute Gasteiger partial charge is 0.303 e. The average molecular weight is 356 g/mol. The number of nitrogens with one attached hydrogen (secondary N) is 1. The van der Waals surface area contributed by atoms with Crippen molar-refractivity contribution < 1.29 is 19.6 Å². The summed E-state index contributed by atoms with van der Waals surface area (Å²) in [5.74, 6) is -1.30. The summed E-state index contributed by atoms with van der Waals surface area (Å²) in [4.78, 5) is 33.1. The summed E-state index contributed by atoms with van der Waals surface area (Å²) in [5.41, 5.74) is 1.43. The predicted octanol–water partition coefficient (Wildman–Crippen LogP) is 4.03. The Morgan fingerprint density at radius 1 is 1.00 bits per heavy atom. The fourth-order valence-corrected chi connectivity index (χ4v) is 2.56. The highest BCUT2D eigenvalue weighted by molar-refractivity contribution is 6.07. The van der Waals surface area contributed by atoms with Gasteiger partial charge < -0.3 is 10.4 Å². The summed E-state index contributed by atoms with van der Waals surface area (Å²) in [7, 11) is 0. The SMILES string of the molecule is O=C(O)CCCCCc1ccc(NC(=O)c2ccccc2[N+](=O)[O-])cc1. The molecule has 0 heterocycles. The van der Waals surface area contributed by atoms with Gasteiger partial charge in [0.25, 0.3) is 11.6 Å². The molecule has 0 unspecified atom stereocenters. The Morgan fingerprint density at radius 3 is 2.35 bits per heavy atom. The lowest BCUT2D eigenvalue weighted by Gasteiger charge is -2.07. The van der Waals surface area contributed by atoms with Crippen LogP contribution in [0, 0.1) is 10.1 Å². The number of nitrogens with zero attached hydrogens (tertiary/aromatic N) is 1. The molecule has 0 saturated heterocycles. The molecule has 0 aromatic heterocycles. The van der Waals surface area contributed by atoms with Crippen molar-refractivity contribution in [3.8, 4) is 0 Å². The van der Waals surface area contributed by atoms with E-state index >= 15 is 0 Å². The lowest BCUT2D eigenvalue weighted by atomic mass is 10.1. The normalized spacial score (nSPS) is 10.3. The molecular weight excluding hydrogens is 336 g/mol. The third-order valence-corrected chi connectivity index (χ3v) is 3.91. The number of aryl methyl sites for hydroxylation is 1. The summed E-state index contributed by atoms with van der Waals surface area (Å²) < 4.78 is 0. The van der Waals surface area contributed by atoms with E-state index in [1.54, 1.807) is 18.2 Å². The molecule has 7 heteroatoms. The van der Waals surface area contributed by atoms with Crippen LogP contribution in [0.5, 0.6) is 0 Å². The maximum absolute atomic E-state index is 12.3. The van der Waals surface area contributed by atoms with Gasteiger partial charge in [0.15, 0.2) is 0 Å². The molecule has 0 atom stereocenters. The molecule has 0 aliphatic heterocycles. The van der Waals surface area contributed by atoms with Crippen LogP contribution in [-0.4, -0.2) is 21.9 Å². The minimum Gasteiger partial charge on any atom is -0.481 e. The van der Waals surface area contributed by atoms with Crippen LogP contribution >= 0.6 is 0 Å². The molecular formula is C19H20N2O5. The first-order chi connectivity index (χ1) is 12.5. The van der Waals surface area contributed by atoms with Crippen molar-refractivity contribution >= 4 is 23.3 Å². The molecule has 0 saturated carbocycles. The van der Waals surface area contributed by atoms with E-state index in [0.29, 0.717) is 12.1 Å². The van der Waals surface area contributed by atoms with Crippen molar-refractivity contribution in [1.29, 1.82) is 0 Å². The Kier molecular flexibility index (Phi) is 6.84. The van der Waals surface area contributed by atoms with Crippen LogP contribution in [-0.2, 0) is 11.2 Å². The Morgan fingerprint density at radius 2 is 1.69 bits per heavy atom. The van der Waals surface area contributed by atoms with Crippen LogP contribution < -0.4 is 5.32 Å². The second kappa shape index (κ2) is 9.31. The third-order valence-electron chi connectivity index (χ3n) is 3.91. The lowest BCUT2D eigenvalue weighted by Crippen LogP contribution is -2.13. The number of anilines is 1. The highest BCUT2D eigenvalue weighted by Gasteiger charge is 2.19. The van der Waals surface area contributed by atoms with E-state index in [4.69, 9.17) is 5.11 Å². The van der Waals surface area contributed by atoms with Crippen LogP contribution in [0.15, 0.2) is 48.5 Å². The second-order valence-corrected chi connectivity index (χ2v) is 5.88. The quantitative estimate of drug-likeness (QED) is 0.400. The Balaban J connectivity index is 1.90. The van der Waals surface area contributed by atoms with E-state index in [2.05, 4.69) is 5.32 Å². The summed E-state index contributed by atoms with van der Waals surface area (Å²) >= 11 is 0. The number of aliphatic carboxylic acids is 1. The number of amides is 1. The van der Waals surface area contributed by atoms with Gasteiger partial charge in [-0.05, 0) is 43.0 Å². The first-order valence-electron chi connectivity index (χ1n) is 8.33. The van der Waals surface area contributed by atoms with Crippen molar-refractivity contribution in [2.45, 2.75) is 32.1 Å². The van der Waals surface area contributed by atoms with Gasteiger partial charge in [-0.1, -0.05) is 30.7 Å². The fraction of sp³-hybridized carbons (Fsp3) is 0.263. The maximum Gasteiger partial charge on any atom is 0.303 e. The molecule has 7 nitrogen and oxygen atoms in total. The van der Waals surface area contributed by atoms with Gasteiger partial charge in [0.1, 0.15) is 5.56 Å². The molecule has 0 bridgehead atoms. The molecule has 2 aromatic carbocycles. The molecule has 0 radical (unpaired) electrons. The number of nitro groups is 1. The van der Waals surface area contributed by atoms with E-state index < -0.39 is 16.8 Å². The van der Waals surface area contributed by atoms with Crippen LogP contribution in [0.1, 0.15) is 41.6 Å². The summed E-state index contributed by atoms with van der Waals surface area (Å²) in [6.45, 7) is 0. The zero-order chi connectivity index (χ0) is 18.9. The highest BCUT2D eigenvalue weighted by atomic mass is 16.6. The Hall–Kier alpha value is -3.22. The Labute approximate surface area is 150 Å². The predicted molar refractivity (Wildman–Crippen MR) is 97.3 cm³/mol. The number of carboxylic acids is 1. The minimum atomic E-state index is -0.774. The van der Waals surface area contributed by atoms with Crippen molar-refractivity contribution in [2.24, 2.45) is 0 Å². The molecule has 1 amide bonds. The highest BCUT2D eigenvalue weighted by Crippen LogP contribution is 2.20. The fourth-order valence-electron chi connectivity index (χ4n) is 2.56. The Bertz CT molecular complexity index is 787. The van der Waals surface area contributed by atoms with Gasteiger partial charge in [0.05, 0.1) is 4.92 Å². The van der Waals surface area contributed by atoms with E-state index in [-0.39, 0.29) is 17.7 Å². The molecule has 136 valence electrons.